The molecule has 19 heavy (non-hydrogen) atoms. The highest BCUT2D eigenvalue weighted by Crippen LogP contribution is 2.33. The second-order valence-electron chi connectivity index (χ2n) is 5.62. The van der Waals surface area contributed by atoms with Crippen LogP contribution in [0.15, 0.2) is 18.2 Å². The molecule has 5 heteroatoms. The molecule has 0 aromatic heterocycles. The number of rotatable bonds is 3. The van der Waals surface area contributed by atoms with Crippen LogP contribution in [0.3, 0.4) is 0 Å². The van der Waals surface area contributed by atoms with Gasteiger partial charge in [0.25, 0.3) is 0 Å². The summed E-state index contributed by atoms with van der Waals surface area (Å²) in [5, 5.41) is 0. The molecule has 1 atom stereocenters. The highest BCUT2D eigenvalue weighted by molar-refractivity contribution is 7.91. The number of anilines is 1. The van der Waals surface area contributed by atoms with Gasteiger partial charge in [0.2, 0.25) is 0 Å². The molecule has 0 bridgehead atoms. The van der Waals surface area contributed by atoms with Gasteiger partial charge < -0.3 is 10.6 Å². The van der Waals surface area contributed by atoms with Gasteiger partial charge >= 0.3 is 0 Å². The molecule has 2 rings (SSSR count). The first kappa shape index (κ1) is 14.3. The number of hydrogen-bond acceptors (Lipinski definition) is 4. The Morgan fingerprint density at radius 2 is 2.05 bits per heavy atom. The van der Waals surface area contributed by atoms with Crippen molar-refractivity contribution in [3.8, 4) is 0 Å². The topological polar surface area (TPSA) is 63.4 Å². The van der Waals surface area contributed by atoms with E-state index in [-0.39, 0.29) is 11.5 Å². The molecule has 1 saturated heterocycles. The Balaban J connectivity index is 2.39. The molecular formula is C14H22N2O2S. The van der Waals surface area contributed by atoms with Gasteiger partial charge in [0.05, 0.1) is 17.0 Å². The maximum atomic E-state index is 11.8. The monoisotopic (exact) mass is 282 g/mol. The molecule has 1 aromatic carbocycles. The van der Waals surface area contributed by atoms with Gasteiger partial charge in [-0.3, -0.25) is 0 Å². The molecule has 1 aliphatic rings. The van der Waals surface area contributed by atoms with Gasteiger partial charge in [-0.05, 0) is 31.9 Å². The maximum absolute atomic E-state index is 11.8. The Labute approximate surface area is 115 Å². The van der Waals surface area contributed by atoms with E-state index in [4.69, 9.17) is 5.73 Å². The van der Waals surface area contributed by atoms with Crippen LogP contribution in [0.4, 0.5) is 5.69 Å². The van der Waals surface area contributed by atoms with Gasteiger partial charge in [-0.25, -0.2) is 8.42 Å². The van der Waals surface area contributed by atoms with Crippen LogP contribution in [-0.4, -0.2) is 39.1 Å². The minimum absolute atomic E-state index is 0.153. The number of benzene rings is 1. The third-order valence-corrected chi connectivity index (χ3v) is 5.98. The summed E-state index contributed by atoms with van der Waals surface area (Å²) < 4.78 is 23.6. The predicted octanol–water partition coefficient (Wildman–Crippen LogP) is 1.26. The van der Waals surface area contributed by atoms with E-state index in [9.17, 15) is 8.42 Å². The fraction of sp³-hybridized carbons (Fsp3) is 0.571. The molecule has 1 aromatic rings. The molecular weight excluding hydrogens is 260 g/mol. The number of nitrogens with zero attached hydrogens (tertiary/aromatic N) is 1. The predicted molar refractivity (Wildman–Crippen MR) is 79.4 cm³/mol. The fourth-order valence-electron chi connectivity index (χ4n) is 2.90. The van der Waals surface area contributed by atoms with E-state index >= 15 is 0 Å². The van der Waals surface area contributed by atoms with Crippen molar-refractivity contribution in [3.63, 3.8) is 0 Å². The van der Waals surface area contributed by atoms with Crippen LogP contribution in [0.5, 0.6) is 0 Å². The SMILES string of the molecule is Cc1ccc(N(C)C2(CN)CCS(=O)(=O)C2)c(C)c1. The third-order valence-electron chi connectivity index (χ3n) is 4.17. The molecule has 0 amide bonds. The zero-order valence-electron chi connectivity index (χ0n) is 11.8. The molecule has 0 saturated carbocycles. The van der Waals surface area contributed by atoms with E-state index in [2.05, 4.69) is 17.9 Å². The van der Waals surface area contributed by atoms with Crippen LogP contribution >= 0.6 is 0 Å². The standard InChI is InChI=1S/C14H22N2O2S/c1-11-4-5-13(12(2)8-11)16(3)14(9-15)6-7-19(17,18)10-14/h4-5,8H,6-7,9-10,15H2,1-3H3. The van der Waals surface area contributed by atoms with Gasteiger partial charge in [-0.15, -0.1) is 0 Å². The number of nitrogens with two attached hydrogens (primary N) is 1. The van der Waals surface area contributed by atoms with Crippen molar-refractivity contribution in [1.29, 1.82) is 0 Å². The van der Waals surface area contributed by atoms with E-state index in [0.29, 0.717) is 13.0 Å². The van der Waals surface area contributed by atoms with Gasteiger partial charge in [0.15, 0.2) is 9.84 Å². The average Bonchev–Trinajstić information content (AvgIpc) is 2.65. The molecule has 4 nitrogen and oxygen atoms in total. The highest BCUT2D eigenvalue weighted by Gasteiger charge is 2.44. The van der Waals surface area contributed by atoms with Crippen LogP contribution in [-0.2, 0) is 9.84 Å². The minimum atomic E-state index is -2.96. The Morgan fingerprint density at radius 3 is 2.53 bits per heavy atom. The number of sulfone groups is 1. The second-order valence-corrected chi connectivity index (χ2v) is 7.80. The maximum Gasteiger partial charge on any atom is 0.152 e. The summed E-state index contributed by atoms with van der Waals surface area (Å²) >= 11 is 0. The fourth-order valence-corrected chi connectivity index (χ4v) is 5.01. The molecule has 0 radical (unpaired) electrons. The Kier molecular flexibility index (Phi) is 3.62. The first-order valence-electron chi connectivity index (χ1n) is 6.51. The lowest BCUT2D eigenvalue weighted by Crippen LogP contribution is -2.53. The molecule has 1 aliphatic heterocycles. The lowest BCUT2D eigenvalue weighted by Gasteiger charge is -2.39. The van der Waals surface area contributed by atoms with Crippen molar-refractivity contribution in [2.45, 2.75) is 25.8 Å². The van der Waals surface area contributed by atoms with Crippen molar-refractivity contribution in [1.82, 2.24) is 0 Å². The van der Waals surface area contributed by atoms with Crippen LogP contribution in [0.25, 0.3) is 0 Å². The van der Waals surface area contributed by atoms with Crippen LogP contribution in [0, 0.1) is 13.8 Å². The second kappa shape index (κ2) is 4.80. The summed E-state index contributed by atoms with van der Waals surface area (Å²) in [6.07, 6.45) is 0.607. The van der Waals surface area contributed by atoms with E-state index in [1.165, 1.54) is 5.56 Å². The first-order chi connectivity index (χ1) is 8.80. The normalized spacial score (nSPS) is 25.5. The molecule has 0 aliphatic carbocycles. The van der Waals surface area contributed by atoms with Crippen LogP contribution < -0.4 is 10.6 Å². The number of hydrogen-bond donors (Lipinski definition) is 1. The van der Waals surface area contributed by atoms with E-state index < -0.39 is 15.4 Å². The Hall–Kier alpha value is -1.07. The molecule has 1 fully saturated rings. The van der Waals surface area contributed by atoms with Gasteiger partial charge in [-0.1, -0.05) is 17.7 Å². The van der Waals surface area contributed by atoms with Gasteiger partial charge in [0, 0.05) is 19.3 Å². The van der Waals surface area contributed by atoms with Crippen molar-refractivity contribution in [2.24, 2.45) is 5.73 Å². The van der Waals surface area contributed by atoms with E-state index in [0.717, 1.165) is 11.3 Å². The quantitative estimate of drug-likeness (QED) is 0.906. The summed E-state index contributed by atoms with van der Waals surface area (Å²) in [4.78, 5) is 2.06. The van der Waals surface area contributed by atoms with Crippen LogP contribution in [0.1, 0.15) is 17.5 Å². The highest BCUT2D eigenvalue weighted by atomic mass is 32.2. The molecule has 2 N–H and O–H groups in total. The Bertz CT molecular complexity index is 583. The molecule has 1 heterocycles. The summed E-state index contributed by atoms with van der Waals surface area (Å²) in [7, 11) is -1.01. The van der Waals surface area contributed by atoms with E-state index in [1.54, 1.807) is 0 Å². The smallest absolute Gasteiger partial charge is 0.152 e. The molecule has 106 valence electrons. The third kappa shape index (κ3) is 2.62. The lowest BCUT2D eigenvalue weighted by atomic mass is 9.95. The van der Waals surface area contributed by atoms with Gasteiger partial charge in [0.1, 0.15) is 0 Å². The van der Waals surface area contributed by atoms with Crippen molar-refractivity contribution < 1.29 is 8.42 Å². The largest absolute Gasteiger partial charge is 0.366 e. The average molecular weight is 282 g/mol. The van der Waals surface area contributed by atoms with Crippen LogP contribution in [0.2, 0.25) is 0 Å². The van der Waals surface area contributed by atoms with Gasteiger partial charge in [-0.2, -0.15) is 0 Å². The van der Waals surface area contributed by atoms with E-state index in [1.807, 2.05) is 26.1 Å². The Morgan fingerprint density at radius 1 is 1.37 bits per heavy atom. The first-order valence-corrected chi connectivity index (χ1v) is 8.33. The zero-order chi connectivity index (χ0) is 14.3. The zero-order valence-corrected chi connectivity index (χ0v) is 12.6. The molecule has 1 unspecified atom stereocenters. The number of aryl methyl sites for hydroxylation is 2. The van der Waals surface area contributed by atoms with Crippen molar-refractivity contribution in [3.05, 3.63) is 29.3 Å². The molecule has 0 spiro atoms. The van der Waals surface area contributed by atoms with Crippen molar-refractivity contribution in [2.75, 3.05) is 30.0 Å². The minimum Gasteiger partial charge on any atom is -0.366 e. The summed E-state index contributed by atoms with van der Waals surface area (Å²) in [6.45, 7) is 4.46. The van der Waals surface area contributed by atoms with Crippen molar-refractivity contribution >= 4 is 15.5 Å². The lowest BCUT2D eigenvalue weighted by molar-refractivity contribution is 0.462. The number of likely N-dealkylation sites (N-methyl/N-ethyl adjacent to an activating group) is 1. The summed E-state index contributed by atoms with van der Waals surface area (Å²) in [6, 6.07) is 6.21. The summed E-state index contributed by atoms with van der Waals surface area (Å²) in [5.41, 5.74) is 8.86. The summed E-state index contributed by atoms with van der Waals surface area (Å²) in [5.74, 6) is 0.389.